The van der Waals surface area contributed by atoms with E-state index in [1.165, 1.54) is 11.3 Å². The number of aliphatic carboxylic acids is 1. The van der Waals surface area contributed by atoms with Crippen LogP contribution in [0.4, 0.5) is 0 Å². The van der Waals surface area contributed by atoms with Gasteiger partial charge in [-0.1, -0.05) is 20.8 Å². The molecule has 1 aliphatic heterocycles. The van der Waals surface area contributed by atoms with Crippen LogP contribution in [0.15, 0.2) is 0 Å². The van der Waals surface area contributed by atoms with Gasteiger partial charge in [-0.05, 0) is 19.3 Å². The number of carbonyl (C=O) groups excluding carboxylic acids is 1. The summed E-state index contributed by atoms with van der Waals surface area (Å²) in [4.78, 5) is 12.9. The number of hydrogen-bond donors (Lipinski definition) is 1. The second kappa shape index (κ2) is 3.22. The molecular formula is C13H23NO2. The zero-order valence-electron chi connectivity index (χ0n) is 10.9. The van der Waals surface area contributed by atoms with Gasteiger partial charge in [-0.25, -0.2) is 0 Å². The van der Waals surface area contributed by atoms with E-state index in [1.807, 2.05) is 6.92 Å². The van der Waals surface area contributed by atoms with Crippen molar-refractivity contribution in [2.75, 3.05) is 20.1 Å². The van der Waals surface area contributed by atoms with Crippen LogP contribution in [0.3, 0.4) is 0 Å². The lowest BCUT2D eigenvalue weighted by Gasteiger charge is -2.56. The molecule has 3 heteroatoms. The molecule has 2 aliphatic rings. The Morgan fingerprint density at radius 1 is 1.06 bits per heavy atom. The van der Waals surface area contributed by atoms with Crippen molar-refractivity contribution in [3.8, 4) is 0 Å². The molecule has 1 saturated heterocycles. The zero-order valence-corrected chi connectivity index (χ0v) is 10.9. The lowest BCUT2D eigenvalue weighted by Crippen LogP contribution is -3.13. The summed E-state index contributed by atoms with van der Waals surface area (Å²) in [7, 11) is 2.22. The summed E-state index contributed by atoms with van der Waals surface area (Å²) in [6.07, 6.45) is 2.71. The molecule has 3 nitrogen and oxygen atoms in total. The quantitative estimate of drug-likeness (QED) is 0.652. The summed E-state index contributed by atoms with van der Waals surface area (Å²) < 4.78 is 0. The van der Waals surface area contributed by atoms with Crippen molar-refractivity contribution in [3.63, 3.8) is 0 Å². The number of likely N-dealkylation sites (tertiary alicyclic amines) is 1. The van der Waals surface area contributed by atoms with Crippen molar-refractivity contribution < 1.29 is 14.8 Å². The van der Waals surface area contributed by atoms with Gasteiger partial charge in [-0.3, -0.25) is 0 Å². The Hall–Kier alpha value is -0.570. The summed E-state index contributed by atoms with van der Waals surface area (Å²) >= 11 is 0. The maximum atomic E-state index is 11.4. The van der Waals surface area contributed by atoms with Crippen LogP contribution < -0.4 is 10.0 Å². The lowest BCUT2D eigenvalue weighted by molar-refractivity contribution is -0.903. The summed E-state index contributed by atoms with van der Waals surface area (Å²) in [6.45, 7) is 8.54. The normalized spacial score (nSPS) is 52.4. The van der Waals surface area contributed by atoms with Crippen LogP contribution in [0, 0.1) is 16.2 Å². The third-order valence-corrected chi connectivity index (χ3v) is 4.44. The minimum Gasteiger partial charge on any atom is -0.550 e. The maximum Gasteiger partial charge on any atom is 0.0824 e. The fourth-order valence-electron chi connectivity index (χ4n) is 5.02. The molecule has 92 valence electrons. The molecule has 1 saturated carbocycles. The van der Waals surface area contributed by atoms with E-state index in [0.29, 0.717) is 0 Å². The Morgan fingerprint density at radius 2 is 1.50 bits per heavy atom. The van der Waals surface area contributed by atoms with Crippen molar-refractivity contribution in [2.45, 2.75) is 40.0 Å². The molecule has 0 radical (unpaired) electrons. The highest BCUT2D eigenvalue weighted by Gasteiger charge is 2.54. The Morgan fingerprint density at radius 3 is 1.88 bits per heavy atom. The van der Waals surface area contributed by atoms with Crippen LogP contribution >= 0.6 is 0 Å². The van der Waals surface area contributed by atoms with E-state index < -0.39 is 11.4 Å². The molecule has 16 heavy (non-hydrogen) atoms. The molecule has 1 aliphatic carbocycles. The van der Waals surface area contributed by atoms with Gasteiger partial charge in [-0.15, -0.1) is 0 Å². The largest absolute Gasteiger partial charge is 0.550 e. The zero-order chi connectivity index (χ0) is 12.2. The first kappa shape index (κ1) is 11.9. The molecule has 0 aromatic carbocycles. The molecule has 0 aromatic rings. The van der Waals surface area contributed by atoms with E-state index in [9.17, 15) is 9.90 Å². The van der Waals surface area contributed by atoms with Gasteiger partial charge < -0.3 is 14.8 Å². The van der Waals surface area contributed by atoms with Gasteiger partial charge >= 0.3 is 0 Å². The molecular weight excluding hydrogens is 202 g/mol. The number of carbonyl (C=O) groups is 1. The highest BCUT2D eigenvalue weighted by molar-refractivity contribution is 5.72. The van der Waals surface area contributed by atoms with Gasteiger partial charge in [-0.2, -0.15) is 0 Å². The second-order valence-electron chi connectivity index (χ2n) is 7.31. The molecule has 1 N–H and O–H groups in total. The number of nitrogens with one attached hydrogen (secondary N) is 1. The van der Waals surface area contributed by atoms with E-state index >= 15 is 0 Å². The van der Waals surface area contributed by atoms with Crippen molar-refractivity contribution in [3.05, 3.63) is 0 Å². The Balaban J connectivity index is 2.33. The number of fused-ring (bicyclic) bond motifs is 2. The molecule has 2 rings (SSSR count). The Kier molecular flexibility index (Phi) is 2.40. The second-order valence-corrected chi connectivity index (χ2v) is 7.31. The van der Waals surface area contributed by atoms with E-state index in [1.54, 1.807) is 0 Å². The molecule has 0 amide bonds. The predicted octanol–water partition coefficient (Wildman–Crippen LogP) is -0.533. The average molecular weight is 225 g/mol. The Bertz CT molecular complexity index is 308. The number of carboxylic acid groups (broad SMARTS) is 1. The lowest BCUT2D eigenvalue weighted by atomic mass is 9.52. The number of hydrogen-bond acceptors (Lipinski definition) is 2. The minimum atomic E-state index is -0.857. The topological polar surface area (TPSA) is 44.6 Å². The molecule has 4 atom stereocenters. The van der Waals surface area contributed by atoms with Crippen LogP contribution in [0.1, 0.15) is 40.0 Å². The first-order valence-corrected chi connectivity index (χ1v) is 6.19. The van der Waals surface area contributed by atoms with Crippen molar-refractivity contribution in [2.24, 2.45) is 16.2 Å². The van der Waals surface area contributed by atoms with Crippen molar-refractivity contribution in [1.29, 1.82) is 0 Å². The summed E-state index contributed by atoms with van der Waals surface area (Å²) in [5, 5.41) is 11.4. The monoisotopic (exact) mass is 225 g/mol. The standard InChI is InChI=1S/C13H23NO2/c1-11-5-12(2,9-14(4)8-11)7-13(3,6-11)10(15)16/h5-9H2,1-4H3,(H,15,16)/t11-,12+,13?. The van der Waals surface area contributed by atoms with Gasteiger partial charge in [0.05, 0.1) is 20.1 Å². The van der Waals surface area contributed by atoms with Gasteiger partial charge in [0, 0.05) is 22.2 Å². The fourth-order valence-corrected chi connectivity index (χ4v) is 5.02. The third-order valence-electron chi connectivity index (χ3n) is 4.44. The van der Waals surface area contributed by atoms with Crippen LogP contribution in [0.2, 0.25) is 0 Å². The fraction of sp³-hybridized carbons (Fsp3) is 0.923. The van der Waals surface area contributed by atoms with E-state index in [0.717, 1.165) is 25.9 Å². The summed E-state index contributed by atoms with van der Waals surface area (Å²) in [5.41, 5.74) is -0.281. The minimum absolute atomic E-state index is 0.171. The number of carboxylic acids is 1. The average Bonchev–Trinajstić information content (AvgIpc) is 1.95. The number of quaternary nitrogens is 1. The molecule has 2 fully saturated rings. The number of rotatable bonds is 1. The molecule has 0 spiro atoms. The summed E-state index contributed by atoms with van der Waals surface area (Å²) in [6, 6.07) is 0. The van der Waals surface area contributed by atoms with Gasteiger partial charge in [0.2, 0.25) is 0 Å². The van der Waals surface area contributed by atoms with Crippen LogP contribution in [0.25, 0.3) is 0 Å². The molecule has 1 heterocycles. The van der Waals surface area contributed by atoms with Gasteiger partial charge in [0.15, 0.2) is 0 Å². The van der Waals surface area contributed by atoms with Crippen LogP contribution in [0.5, 0.6) is 0 Å². The first-order valence-electron chi connectivity index (χ1n) is 6.19. The van der Waals surface area contributed by atoms with Crippen molar-refractivity contribution >= 4 is 5.97 Å². The van der Waals surface area contributed by atoms with Crippen LogP contribution in [-0.4, -0.2) is 26.1 Å². The molecule has 2 unspecified atom stereocenters. The maximum absolute atomic E-state index is 11.4. The van der Waals surface area contributed by atoms with E-state index in [-0.39, 0.29) is 10.8 Å². The number of piperidine rings is 1. The molecule has 2 bridgehead atoms. The molecule has 0 aromatic heterocycles. The smallest absolute Gasteiger partial charge is 0.0824 e. The Labute approximate surface area is 97.8 Å². The van der Waals surface area contributed by atoms with Crippen LogP contribution in [-0.2, 0) is 4.79 Å². The van der Waals surface area contributed by atoms with Gasteiger partial charge in [0.25, 0.3) is 0 Å². The predicted molar refractivity (Wildman–Crippen MR) is 59.8 cm³/mol. The van der Waals surface area contributed by atoms with Crippen molar-refractivity contribution in [1.82, 2.24) is 0 Å². The SMILES string of the molecule is C[NH+]1C[C@@]2(C)CC(C)(C(=O)[O-])C[C@@](C)(C1)C2. The first-order chi connectivity index (χ1) is 7.17. The third kappa shape index (κ3) is 1.86. The van der Waals surface area contributed by atoms with E-state index in [2.05, 4.69) is 20.9 Å². The summed E-state index contributed by atoms with van der Waals surface area (Å²) in [5.74, 6) is -0.857. The highest BCUT2D eigenvalue weighted by Crippen LogP contribution is 2.54. The van der Waals surface area contributed by atoms with E-state index in [4.69, 9.17) is 0 Å². The highest BCUT2D eigenvalue weighted by atomic mass is 16.4. The van der Waals surface area contributed by atoms with Gasteiger partial charge in [0.1, 0.15) is 0 Å².